The molecule has 1 atom stereocenters. The first-order valence-corrected chi connectivity index (χ1v) is 6.46. The summed E-state index contributed by atoms with van der Waals surface area (Å²) in [5, 5.41) is 5.13. The maximum absolute atomic E-state index is 6.10. The fraction of sp³-hybridized carbons (Fsp3) is 0.176. The lowest BCUT2D eigenvalue weighted by molar-refractivity contribution is 0.700. The topological polar surface area (TPSA) is 26.0 Å². The number of nitrogens with two attached hydrogens (primary N) is 1. The highest BCUT2D eigenvalue weighted by atomic mass is 14.6. The monoisotopic (exact) mass is 235 g/mol. The molecule has 0 bridgehead atoms. The largest absolute Gasteiger partial charge is 0.324 e. The van der Waals surface area contributed by atoms with Crippen LogP contribution in [0.4, 0.5) is 0 Å². The van der Waals surface area contributed by atoms with Crippen molar-refractivity contribution in [1.29, 1.82) is 0 Å². The molecule has 0 aliphatic carbocycles. The zero-order chi connectivity index (χ0) is 12.5. The number of hydrogen-bond acceptors (Lipinski definition) is 1. The molecule has 0 amide bonds. The molecule has 0 spiro atoms. The lowest BCUT2D eigenvalue weighted by atomic mass is 9.98. The van der Waals surface area contributed by atoms with Crippen LogP contribution in [0, 0.1) is 0 Å². The number of benzene rings is 3. The average Bonchev–Trinajstić information content (AvgIpc) is 2.43. The molecule has 0 aliphatic heterocycles. The summed E-state index contributed by atoms with van der Waals surface area (Å²) in [5.41, 5.74) is 7.32. The summed E-state index contributed by atoms with van der Waals surface area (Å²) < 4.78 is 0. The molecule has 0 aromatic heterocycles. The standard InChI is InChI=1S/C17H17N/c1-2-17(18)15-8-7-14-9-12-5-3-4-6-13(12)10-16(14)11-15/h3-11,17H,2,18H2,1H3. The Morgan fingerprint density at radius 3 is 2.11 bits per heavy atom. The minimum atomic E-state index is 0.140. The zero-order valence-electron chi connectivity index (χ0n) is 10.6. The van der Waals surface area contributed by atoms with Crippen LogP contribution >= 0.6 is 0 Å². The molecule has 3 aromatic carbocycles. The van der Waals surface area contributed by atoms with E-state index in [0.717, 1.165) is 6.42 Å². The fourth-order valence-corrected chi connectivity index (χ4v) is 2.42. The van der Waals surface area contributed by atoms with E-state index in [9.17, 15) is 0 Å². The summed E-state index contributed by atoms with van der Waals surface area (Å²) in [6.07, 6.45) is 0.971. The zero-order valence-corrected chi connectivity index (χ0v) is 10.6. The average molecular weight is 235 g/mol. The summed E-state index contributed by atoms with van der Waals surface area (Å²) in [4.78, 5) is 0. The fourth-order valence-electron chi connectivity index (χ4n) is 2.42. The van der Waals surface area contributed by atoms with Crippen LogP contribution in [-0.2, 0) is 0 Å². The molecule has 0 heterocycles. The van der Waals surface area contributed by atoms with Gasteiger partial charge in [-0.2, -0.15) is 0 Å². The Morgan fingerprint density at radius 2 is 1.44 bits per heavy atom. The Hall–Kier alpha value is -1.86. The predicted octanol–water partition coefficient (Wildman–Crippen LogP) is 4.40. The van der Waals surface area contributed by atoms with Gasteiger partial charge in [-0.25, -0.2) is 0 Å². The molecule has 1 unspecified atom stereocenters. The van der Waals surface area contributed by atoms with Crippen LogP contribution < -0.4 is 5.73 Å². The van der Waals surface area contributed by atoms with Gasteiger partial charge in [0.1, 0.15) is 0 Å². The van der Waals surface area contributed by atoms with Gasteiger partial charge in [-0.3, -0.25) is 0 Å². The smallest absolute Gasteiger partial charge is 0.0292 e. The van der Waals surface area contributed by atoms with Crippen molar-refractivity contribution >= 4 is 21.5 Å². The van der Waals surface area contributed by atoms with Crippen LogP contribution in [0.25, 0.3) is 21.5 Å². The van der Waals surface area contributed by atoms with Crippen molar-refractivity contribution in [3.8, 4) is 0 Å². The van der Waals surface area contributed by atoms with Crippen LogP contribution in [0.1, 0.15) is 24.9 Å². The quantitative estimate of drug-likeness (QED) is 0.654. The van der Waals surface area contributed by atoms with Gasteiger partial charge in [-0.05, 0) is 51.7 Å². The normalized spacial score (nSPS) is 13.0. The lowest BCUT2D eigenvalue weighted by Crippen LogP contribution is -2.08. The Bertz CT molecular complexity index is 700. The highest BCUT2D eigenvalue weighted by Gasteiger charge is 2.04. The highest BCUT2D eigenvalue weighted by Crippen LogP contribution is 2.25. The van der Waals surface area contributed by atoms with Gasteiger partial charge in [0.15, 0.2) is 0 Å². The molecule has 3 rings (SSSR count). The van der Waals surface area contributed by atoms with Gasteiger partial charge in [0.25, 0.3) is 0 Å². The maximum atomic E-state index is 6.10. The molecule has 90 valence electrons. The molecule has 1 nitrogen and oxygen atoms in total. The summed E-state index contributed by atoms with van der Waals surface area (Å²) >= 11 is 0. The highest BCUT2D eigenvalue weighted by molar-refractivity contribution is 5.98. The van der Waals surface area contributed by atoms with E-state index in [2.05, 4.69) is 61.5 Å². The first-order valence-electron chi connectivity index (χ1n) is 6.46. The van der Waals surface area contributed by atoms with Gasteiger partial charge in [0.2, 0.25) is 0 Å². The van der Waals surface area contributed by atoms with Crippen molar-refractivity contribution in [3.05, 3.63) is 60.2 Å². The van der Waals surface area contributed by atoms with Crippen LogP contribution in [0.2, 0.25) is 0 Å². The molecule has 3 aromatic rings. The van der Waals surface area contributed by atoms with Crippen molar-refractivity contribution in [2.75, 3.05) is 0 Å². The van der Waals surface area contributed by atoms with E-state index in [1.807, 2.05) is 0 Å². The second kappa shape index (κ2) is 4.43. The molecule has 0 aliphatic rings. The van der Waals surface area contributed by atoms with E-state index < -0.39 is 0 Å². The van der Waals surface area contributed by atoms with E-state index in [-0.39, 0.29) is 6.04 Å². The Kier molecular flexibility index (Phi) is 2.77. The maximum Gasteiger partial charge on any atom is 0.0292 e. The Labute approximate surface area is 107 Å². The van der Waals surface area contributed by atoms with Crippen LogP contribution in [0.15, 0.2) is 54.6 Å². The minimum absolute atomic E-state index is 0.140. The molecule has 0 radical (unpaired) electrons. The Morgan fingerprint density at radius 1 is 0.833 bits per heavy atom. The third kappa shape index (κ3) is 1.87. The third-order valence-electron chi connectivity index (χ3n) is 3.60. The number of hydrogen-bond donors (Lipinski definition) is 1. The van der Waals surface area contributed by atoms with Gasteiger partial charge in [-0.1, -0.05) is 43.3 Å². The van der Waals surface area contributed by atoms with Crippen LogP contribution in [0.3, 0.4) is 0 Å². The summed E-state index contributed by atoms with van der Waals surface area (Å²) in [7, 11) is 0. The molecular formula is C17H17N. The molecule has 18 heavy (non-hydrogen) atoms. The van der Waals surface area contributed by atoms with E-state index >= 15 is 0 Å². The van der Waals surface area contributed by atoms with Crippen LogP contribution in [0.5, 0.6) is 0 Å². The molecule has 0 fully saturated rings. The van der Waals surface area contributed by atoms with Crippen molar-refractivity contribution < 1.29 is 0 Å². The van der Waals surface area contributed by atoms with Gasteiger partial charge in [0, 0.05) is 6.04 Å². The minimum Gasteiger partial charge on any atom is -0.324 e. The van der Waals surface area contributed by atoms with Gasteiger partial charge in [-0.15, -0.1) is 0 Å². The molecule has 2 N–H and O–H groups in total. The first kappa shape index (κ1) is 11.2. The summed E-state index contributed by atoms with van der Waals surface area (Å²) in [5.74, 6) is 0. The summed E-state index contributed by atoms with van der Waals surface area (Å²) in [6.45, 7) is 2.12. The molecule has 0 saturated carbocycles. The van der Waals surface area contributed by atoms with Gasteiger partial charge in [0.05, 0.1) is 0 Å². The Balaban J connectivity index is 2.24. The first-order chi connectivity index (χ1) is 8.78. The summed E-state index contributed by atoms with van der Waals surface area (Å²) in [6, 6.07) is 19.6. The SMILES string of the molecule is CCC(N)c1ccc2cc3ccccc3cc2c1. The van der Waals surface area contributed by atoms with Gasteiger partial charge < -0.3 is 5.73 Å². The number of fused-ring (bicyclic) bond motifs is 2. The van der Waals surface area contributed by atoms with Crippen molar-refractivity contribution in [2.24, 2.45) is 5.73 Å². The molecular weight excluding hydrogens is 218 g/mol. The third-order valence-corrected chi connectivity index (χ3v) is 3.60. The lowest BCUT2D eigenvalue weighted by Gasteiger charge is -2.10. The molecule has 1 heteroatoms. The predicted molar refractivity (Wildman–Crippen MR) is 78.7 cm³/mol. The second-order valence-corrected chi connectivity index (χ2v) is 4.82. The van der Waals surface area contributed by atoms with Gasteiger partial charge >= 0.3 is 0 Å². The number of rotatable bonds is 2. The van der Waals surface area contributed by atoms with E-state index in [0.29, 0.717) is 0 Å². The molecule has 0 saturated heterocycles. The second-order valence-electron chi connectivity index (χ2n) is 4.82. The van der Waals surface area contributed by atoms with E-state index in [4.69, 9.17) is 5.73 Å². The van der Waals surface area contributed by atoms with Crippen molar-refractivity contribution in [2.45, 2.75) is 19.4 Å². The van der Waals surface area contributed by atoms with Crippen LogP contribution in [-0.4, -0.2) is 0 Å². The van der Waals surface area contributed by atoms with Crippen molar-refractivity contribution in [1.82, 2.24) is 0 Å². The van der Waals surface area contributed by atoms with E-state index in [1.165, 1.54) is 27.1 Å². The van der Waals surface area contributed by atoms with Crippen molar-refractivity contribution in [3.63, 3.8) is 0 Å². The van der Waals surface area contributed by atoms with E-state index in [1.54, 1.807) is 0 Å².